The normalized spacial score (nSPS) is 9.78. The zero-order valence-electron chi connectivity index (χ0n) is 9.04. The number of halogens is 3. The Hall–Kier alpha value is -2.43. The minimum atomic E-state index is -3.22. The molecule has 0 saturated heterocycles. The highest BCUT2D eigenvalue weighted by molar-refractivity contribution is 5.86. The van der Waals surface area contributed by atoms with E-state index in [9.17, 15) is 18.0 Å². The van der Waals surface area contributed by atoms with Crippen molar-refractivity contribution in [1.82, 2.24) is 0 Å². The zero-order valence-corrected chi connectivity index (χ0v) is 9.04. The van der Waals surface area contributed by atoms with E-state index in [0.29, 0.717) is 6.07 Å². The SMILES string of the molecule is COC(=O)Nc1cc(OC(F)F)c(F)cc1C#N. The first-order valence-corrected chi connectivity index (χ1v) is 4.51. The highest BCUT2D eigenvalue weighted by atomic mass is 19.3. The minimum Gasteiger partial charge on any atom is -0.453 e. The second-order valence-corrected chi connectivity index (χ2v) is 2.94. The molecule has 1 rings (SSSR count). The van der Waals surface area contributed by atoms with Gasteiger partial charge < -0.3 is 9.47 Å². The average molecular weight is 260 g/mol. The van der Waals surface area contributed by atoms with Gasteiger partial charge in [-0.15, -0.1) is 0 Å². The maximum Gasteiger partial charge on any atom is 0.411 e. The number of carbonyl (C=O) groups is 1. The molecule has 8 heteroatoms. The number of amides is 1. The number of alkyl halides is 2. The number of hydrogen-bond acceptors (Lipinski definition) is 4. The van der Waals surface area contributed by atoms with Gasteiger partial charge in [-0.3, -0.25) is 5.32 Å². The van der Waals surface area contributed by atoms with Crippen molar-refractivity contribution >= 4 is 11.8 Å². The minimum absolute atomic E-state index is 0.193. The van der Waals surface area contributed by atoms with Crippen LogP contribution in [0.25, 0.3) is 0 Å². The van der Waals surface area contributed by atoms with Gasteiger partial charge in [0.05, 0.1) is 18.4 Å². The first-order chi connectivity index (χ1) is 8.47. The zero-order chi connectivity index (χ0) is 13.7. The lowest BCUT2D eigenvalue weighted by molar-refractivity contribution is -0.0521. The number of hydrogen-bond donors (Lipinski definition) is 1. The summed E-state index contributed by atoms with van der Waals surface area (Å²) in [4.78, 5) is 10.9. The van der Waals surface area contributed by atoms with Crippen LogP contribution in [0.5, 0.6) is 5.75 Å². The maximum absolute atomic E-state index is 13.2. The second-order valence-electron chi connectivity index (χ2n) is 2.94. The van der Waals surface area contributed by atoms with Gasteiger partial charge in [-0.05, 0) is 6.07 Å². The Morgan fingerprint density at radius 3 is 2.67 bits per heavy atom. The molecule has 1 N–H and O–H groups in total. The van der Waals surface area contributed by atoms with Crippen LogP contribution in [0.4, 0.5) is 23.7 Å². The maximum atomic E-state index is 13.2. The Morgan fingerprint density at radius 1 is 1.50 bits per heavy atom. The predicted octanol–water partition coefficient (Wildman–Crippen LogP) is 2.48. The van der Waals surface area contributed by atoms with Gasteiger partial charge in [0.1, 0.15) is 6.07 Å². The van der Waals surface area contributed by atoms with Gasteiger partial charge in [0.2, 0.25) is 0 Å². The van der Waals surface area contributed by atoms with Crippen LogP contribution >= 0.6 is 0 Å². The monoisotopic (exact) mass is 260 g/mol. The van der Waals surface area contributed by atoms with Gasteiger partial charge >= 0.3 is 12.7 Å². The molecule has 1 amide bonds. The van der Waals surface area contributed by atoms with Gasteiger partial charge in [0, 0.05) is 6.07 Å². The third-order valence-electron chi connectivity index (χ3n) is 1.83. The smallest absolute Gasteiger partial charge is 0.411 e. The number of nitriles is 1. The standard InChI is InChI=1S/C10H7F3N2O3/c1-17-10(16)15-7-3-8(18-9(12)13)6(11)2-5(7)4-14/h2-3,9H,1H3,(H,15,16). The lowest BCUT2D eigenvalue weighted by Crippen LogP contribution is -2.13. The number of carbonyl (C=O) groups excluding carboxylic acids is 1. The summed E-state index contributed by atoms with van der Waals surface area (Å²) in [6.07, 6.45) is -0.930. The van der Waals surface area contributed by atoms with Crippen molar-refractivity contribution in [3.63, 3.8) is 0 Å². The molecule has 5 nitrogen and oxygen atoms in total. The van der Waals surface area contributed by atoms with Crippen molar-refractivity contribution in [2.75, 3.05) is 12.4 Å². The van der Waals surface area contributed by atoms with E-state index >= 15 is 0 Å². The first-order valence-electron chi connectivity index (χ1n) is 4.51. The van der Waals surface area contributed by atoms with Crippen LogP contribution in [0.3, 0.4) is 0 Å². The number of nitrogens with zero attached hydrogens (tertiary/aromatic N) is 1. The van der Waals surface area contributed by atoms with E-state index in [4.69, 9.17) is 5.26 Å². The predicted molar refractivity (Wildman–Crippen MR) is 53.8 cm³/mol. The summed E-state index contributed by atoms with van der Waals surface area (Å²) in [5.74, 6) is -1.92. The Bertz CT molecular complexity index is 500. The Balaban J connectivity index is 3.14. The van der Waals surface area contributed by atoms with Crippen LogP contribution in [0.1, 0.15) is 5.56 Å². The molecular formula is C10H7F3N2O3. The molecule has 0 aromatic heterocycles. The highest BCUT2D eigenvalue weighted by Gasteiger charge is 2.16. The number of rotatable bonds is 3. The van der Waals surface area contributed by atoms with E-state index in [0.717, 1.165) is 13.2 Å². The van der Waals surface area contributed by atoms with E-state index in [1.54, 1.807) is 6.07 Å². The van der Waals surface area contributed by atoms with Crippen LogP contribution in [-0.2, 0) is 4.74 Å². The number of anilines is 1. The van der Waals surface area contributed by atoms with Gasteiger partial charge in [0.15, 0.2) is 11.6 Å². The topological polar surface area (TPSA) is 71.3 Å². The van der Waals surface area contributed by atoms with Crippen LogP contribution in [0, 0.1) is 17.1 Å². The van der Waals surface area contributed by atoms with Gasteiger partial charge in [-0.1, -0.05) is 0 Å². The van der Waals surface area contributed by atoms with Crippen LogP contribution in [-0.4, -0.2) is 19.8 Å². The third-order valence-corrected chi connectivity index (χ3v) is 1.83. The summed E-state index contributed by atoms with van der Waals surface area (Å²) in [6, 6.07) is 3.04. The fraction of sp³-hybridized carbons (Fsp3) is 0.200. The summed E-state index contributed by atoms with van der Waals surface area (Å²) in [5, 5.41) is 10.8. The molecule has 0 aliphatic carbocycles. The molecule has 0 spiro atoms. The summed E-state index contributed by atoms with van der Waals surface area (Å²) in [5.41, 5.74) is -0.444. The first kappa shape index (κ1) is 13.6. The van der Waals surface area contributed by atoms with Gasteiger partial charge in [-0.25, -0.2) is 9.18 Å². The summed E-state index contributed by atoms with van der Waals surface area (Å²) in [7, 11) is 1.07. The lowest BCUT2D eigenvalue weighted by Gasteiger charge is -2.10. The molecule has 0 radical (unpaired) electrons. The van der Waals surface area contributed by atoms with Crippen molar-refractivity contribution in [3.8, 4) is 11.8 Å². The molecule has 18 heavy (non-hydrogen) atoms. The van der Waals surface area contributed by atoms with Crippen molar-refractivity contribution in [3.05, 3.63) is 23.5 Å². The van der Waals surface area contributed by atoms with Crippen molar-refractivity contribution in [2.24, 2.45) is 0 Å². The lowest BCUT2D eigenvalue weighted by atomic mass is 10.2. The van der Waals surface area contributed by atoms with E-state index in [1.807, 2.05) is 0 Å². The molecule has 1 aromatic carbocycles. The molecule has 0 saturated carbocycles. The van der Waals surface area contributed by atoms with Crippen molar-refractivity contribution in [2.45, 2.75) is 6.61 Å². The number of methoxy groups -OCH3 is 1. The van der Waals surface area contributed by atoms with Crippen LogP contribution < -0.4 is 10.1 Å². The van der Waals surface area contributed by atoms with Crippen LogP contribution in [0.15, 0.2) is 12.1 Å². The highest BCUT2D eigenvalue weighted by Crippen LogP contribution is 2.27. The number of benzene rings is 1. The molecule has 0 heterocycles. The molecule has 0 aliphatic rings. The molecule has 0 bridgehead atoms. The fourth-order valence-corrected chi connectivity index (χ4v) is 1.10. The Kier molecular flexibility index (Phi) is 4.37. The quantitative estimate of drug-likeness (QED) is 0.906. The average Bonchev–Trinajstić information content (AvgIpc) is 2.32. The number of nitrogens with one attached hydrogen (secondary N) is 1. The molecule has 0 unspecified atom stereocenters. The summed E-state index contributed by atoms with van der Waals surface area (Å²) in [6.45, 7) is -3.22. The Labute approximate surface area is 99.7 Å². The van der Waals surface area contributed by atoms with Crippen molar-refractivity contribution in [1.29, 1.82) is 5.26 Å². The fourth-order valence-electron chi connectivity index (χ4n) is 1.10. The molecule has 0 fully saturated rings. The molecular weight excluding hydrogens is 253 g/mol. The molecule has 0 aliphatic heterocycles. The van der Waals surface area contributed by atoms with E-state index in [-0.39, 0.29) is 11.3 Å². The van der Waals surface area contributed by atoms with Crippen LogP contribution in [0.2, 0.25) is 0 Å². The molecule has 1 aromatic rings. The van der Waals surface area contributed by atoms with E-state index in [2.05, 4.69) is 14.8 Å². The van der Waals surface area contributed by atoms with Crippen molar-refractivity contribution < 1.29 is 27.4 Å². The van der Waals surface area contributed by atoms with Gasteiger partial charge in [-0.2, -0.15) is 14.0 Å². The largest absolute Gasteiger partial charge is 0.453 e. The molecule has 0 atom stereocenters. The summed E-state index contributed by atoms with van der Waals surface area (Å²) >= 11 is 0. The third kappa shape index (κ3) is 3.28. The second kappa shape index (κ2) is 5.77. The summed E-state index contributed by atoms with van der Waals surface area (Å²) < 4.78 is 45.4. The molecule has 96 valence electrons. The van der Waals surface area contributed by atoms with E-state index in [1.165, 1.54) is 0 Å². The Morgan fingerprint density at radius 2 is 2.17 bits per heavy atom. The number of ether oxygens (including phenoxy) is 2. The van der Waals surface area contributed by atoms with Gasteiger partial charge in [0.25, 0.3) is 0 Å². The van der Waals surface area contributed by atoms with E-state index < -0.39 is 24.3 Å².